The molecule has 1 aromatic rings. The standard InChI is InChI=1S/C13H14FN3O4/c14-7-3-4-8(12(19)20)9(6-7)16-13(21)17-5-1-2-10(17)11(15)18/h3-4,6,10H,1-2,5H2,(H2,15,18)(H,16,21)(H,19,20). The average Bonchev–Trinajstić information content (AvgIpc) is 2.87. The number of urea groups is 1. The van der Waals surface area contributed by atoms with E-state index in [4.69, 9.17) is 10.8 Å². The van der Waals surface area contributed by atoms with Gasteiger partial charge in [-0.25, -0.2) is 14.0 Å². The summed E-state index contributed by atoms with van der Waals surface area (Å²) in [7, 11) is 0. The first kappa shape index (κ1) is 14.8. The van der Waals surface area contributed by atoms with Crippen molar-refractivity contribution in [3.05, 3.63) is 29.6 Å². The van der Waals surface area contributed by atoms with Gasteiger partial charge in [0.1, 0.15) is 11.9 Å². The second-order valence-corrected chi connectivity index (χ2v) is 4.68. The van der Waals surface area contributed by atoms with E-state index in [9.17, 15) is 18.8 Å². The number of carbonyl (C=O) groups is 3. The largest absolute Gasteiger partial charge is 0.478 e. The van der Waals surface area contributed by atoms with E-state index in [0.29, 0.717) is 19.4 Å². The van der Waals surface area contributed by atoms with Crippen molar-refractivity contribution in [3.8, 4) is 0 Å². The molecule has 1 aromatic carbocycles. The molecule has 1 saturated heterocycles. The quantitative estimate of drug-likeness (QED) is 0.772. The second-order valence-electron chi connectivity index (χ2n) is 4.68. The van der Waals surface area contributed by atoms with Crippen LogP contribution in [0.1, 0.15) is 23.2 Å². The third-order valence-corrected chi connectivity index (χ3v) is 3.30. The number of nitrogens with zero attached hydrogens (tertiary/aromatic N) is 1. The topological polar surface area (TPSA) is 113 Å². The Labute approximate surface area is 119 Å². The zero-order chi connectivity index (χ0) is 15.6. The van der Waals surface area contributed by atoms with Crippen LogP contribution in [0, 0.1) is 5.82 Å². The van der Waals surface area contributed by atoms with Crippen molar-refractivity contribution in [1.29, 1.82) is 0 Å². The van der Waals surface area contributed by atoms with Crippen LogP contribution in [0.15, 0.2) is 18.2 Å². The molecule has 8 heteroatoms. The number of likely N-dealkylation sites (tertiary alicyclic amines) is 1. The molecular weight excluding hydrogens is 281 g/mol. The zero-order valence-corrected chi connectivity index (χ0v) is 11.0. The van der Waals surface area contributed by atoms with Gasteiger partial charge in [0.05, 0.1) is 11.3 Å². The zero-order valence-electron chi connectivity index (χ0n) is 11.0. The highest BCUT2D eigenvalue weighted by atomic mass is 19.1. The number of nitrogens with two attached hydrogens (primary N) is 1. The number of nitrogens with one attached hydrogen (secondary N) is 1. The average molecular weight is 295 g/mol. The predicted octanol–water partition coefficient (Wildman–Crippen LogP) is 1.01. The minimum Gasteiger partial charge on any atom is -0.478 e. The molecule has 2 rings (SSSR count). The normalized spacial score (nSPS) is 17.6. The molecule has 1 aliphatic rings. The van der Waals surface area contributed by atoms with Crippen molar-refractivity contribution < 1.29 is 23.9 Å². The van der Waals surface area contributed by atoms with Gasteiger partial charge in [-0.1, -0.05) is 0 Å². The number of hydrogen-bond acceptors (Lipinski definition) is 3. The molecule has 0 aliphatic carbocycles. The van der Waals surface area contributed by atoms with Gasteiger partial charge in [-0.2, -0.15) is 0 Å². The fraction of sp³-hybridized carbons (Fsp3) is 0.308. The van der Waals surface area contributed by atoms with Crippen molar-refractivity contribution in [3.63, 3.8) is 0 Å². The van der Waals surface area contributed by atoms with E-state index < -0.39 is 29.8 Å². The summed E-state index contributed by atoms with van der Waals surface area (Å²) in [6.07, 6.45) is 1.08. The maximum atomic E-state index is 13.2. The third-order valence-electron chi connectivity index (χ3n) is 3.30. The van der Waals surface area contributed by atoms with Gasteiger partial charge in [0.25, 0.3) is 0 Å². The van der Waals surface area contributed by atoms with Gasteiger partial charge in [-0.05, 0) is 31.0 Å². The van der Waals surface area contributed by atoms with Gasteiger partial charge in [0.2, 0.25) is 5.91 Å². The van der Waals surface area contributed by atoms with E-state index in [-0.39, 0.29) is 11.3 Å². The predicted molar refractivity (Wildman–Crippen MR) is 71.3 cm³/mol. The number of carboxylic acid groups (broad SMARTS) is 1. The Kier molecular flexibility index (Phi) is 4.06. The van der Waals surface area contributed by atoms with Gasteiger partial charge in [-0.3, -0.25) is 4.79 Å². The Bertz CT molecular complexity index is 605. The number of primary amides is 1. The number of amides is 3. The second kappa shape index (κ2) is 5.78. The molecule has 7 nitrogen and oxygen atoms in total. The van der Waals surface area contributed by atoms with E-state index in [1.54, 1.807) is 0 Å². The molecule has 0 radical (unpaired) electrons. The molecule has 1 fully saturated rings. The lowest BCUT2D eigenvalue weighted by molar-refractivity contribution is -0.121. The lowest BCUT2D eigenvalue weighted by Crippen LogP contribution is -2.45. The number of anilines is 1. The molecule has 1 unspecified atom stereocenters. The number of halogens is 1. The van der Waals surface area contributed by atoms with Crippen molar-refractivity contribution in [2.24, 2.45) is 5.73 Å². The van der Waals surface area contributed by atoms with E-state index in [2.05, 4.69) is 5.32 Å². The monoisotopic (exact) mass is 295 g/mol. The summed E-state index contributed by atoms with van der Waals surface area (Å²) < 4.78 is 13.2. The highest BCUT2D eigenvalue weighted by Gasteiger charge is 2.33. The van der Waals surface area contributed by atoms with Crippen molar-refractivity contribution in [1.82, 2.24) is 4.90 Å². The van der Waals surface area contributed by atoms with Gasteiger partial charge in [0, 0.05) is 6.54 Å². The van der Waals surface area contributed by atoms with E-state index in [1.165, 1.54) is 4.90 Å². The molecule has 112 valence electrons. The van der Waals surface area contributed by atoms with Crippen LogP contribution in [0.4, 0.5) is 14.9 Å². The Hall–Kier alpha value is -2.64. The number of aromatic carboxylic acids is 1. The summed E-state index contributed by atoms with van der Waals surface area (Å²) >= 11 is 0. The highest BCUT2D eigenvalue weighted by molar-refractivity contribution is 6.01. The number of benzene rings is 1. The van der Waals surface area contributed by atoms with Crippen molar-refractivity contribution in [2.45, 2.75) is 18.9 Å². The van der Waals surface area contributed by atoms with Crippen LogP contribution in [0.25, 0.3) is 0 Å². The van der Waals surface area contributed by atoms with E-state index >= 15 is 0 Å². The first-order valence-corrected chi connectivity index (χ1v) is 6.30. The summed E-state index contributed by atoms with van der Waals surface area (Å²) in [6.45, 7) is 0.331. The lowest BCUT2D eigenvalue weighted by Gasteiger charge is -2.23. The van der Waals surface area contributed by atoms with Crippen LogP contribution in [0.2, 0.25) is 0 Å². The van der Waals surface area contributed by atoms with Crippen LogP contribution in [0.5, 0.6) is 0 Å². The summed E-state index contributed by atoms with van der Waals surface area (Å²) in [4.78, 5) is 35.6. The molecule has 1 atom stereocenters. The molecule has 3 amide bonds. The van der Waals surface area contributed by atoms with E-state index in [1.807, 2.05) is 0 Å². The molecule has 1 heterocycles. The van der Waals surface area contributed by atoms with Crippen molar-refractivity contribution >= 4 is 23.6 Å². The summed E-state index contributed by atoms with van der Waals surface area (Å²) in [5, 5.41) is 11.3. The number of rotatable bonds is 3. The van der Waals surface area contributed by atoms with Crippen molar-refractivity contribution in [2.75, 3.05) is 11.9 Å². The maximum Gasteiger partial charge on any atom is 0.337 e. The highest BCUT2D eigenvalue weighted by Crippen LogP contribution is 2.21. The van der Waals surface area contributed by atoms with Gasteiger partial charge in [0.15, 0.2) is 0 Å². The van der Waals surface area contributed by atoms with Gasteiger partial charge < -0.3 is 21.1 Å². The fourth-order valence-electron chi connectivity index (χ4n) is 2.30. The SMILES string of the molecule is NC(=O)C1CCCN1C(=O)Nc1cc(F)ccc1C(=O)O. The molecule has 0 spiro atoms. The number of carbonyl (C=O) groups excluding carboxylic acids is 2. The molecule has 0 saturated carbocycles. The third kappa shape index (κ3) is 3.10. The summed E-state index contributed by atoms with van der Waals surface area (Å²) in [5.41, 5.74) is 4.81. The Morgan fingerprint density at radius 3 is 2.71 bits per heavy atom. The minimum atomic E-state index is -1.29. The van der Waals surface area contributed by atoms with Crippen LogP contribution < -0.4 is 11.1 Å². The summed E-state index contributed by atoms with van der Waals surface area (Å²) in [6, 6.07) is 1.55. The fourth-order valence-corrected chi connectivity index (χ4v) is 2.30. The maximum absolute atomic E-state index is 13.2. The number of hydrogen-bond donors (Lipinski definition) is 3. The minimum absolute atomic E-state index is 0.164. The molecule has 0 aromatic heterocycles. The molecule has 1 aliphatic heterocycles. The van der Waals surface area contributed by atoms with Crippen LogP contribution in [-0.2, 0) is 4.79 Å². The van der Waals surface area contributed by atoms with Crippen LogP contribution in [-0.4, -0.2) is 40.5 Å². The van der Waals surface area contributed by atoms with Crippen LogP contribution in [0.3, 0.4) is 0 Å². The molecule has 4 N–H and O–H groups in total. The molecular formula is C13H14FN3O4. The first-order valence-electron chi connectivity index (χ1n) is 6.30. The Balaban J connectivity index is 2.21. The van der Waals surface area contributed by atoms with E-state index in [0.717, 1.165) is 18.2 Å². The van der Waals surface area contributed by atoms with Gasteiger partial charge in [-0.15, -0.1) is 0 Å². The lowest BCUT2D eigenvalue weighted by atomic mass is 10.1. The van der Waals surface area contributed by atoms with Crippen LogP contribution >= 0.6 is 0 Å². The Morgan fingerprint density at radius 1 is 1.38 bits per heavy atom. The smallest absolute Gasteiger partial charge is 0.337 e. The summed E-state index contributed by atoms with van der Waals surface area (Å²) in [5.74, 6) is -2.60. The molecule has 21 heavy (non-hydrogen) atoms. The number of carboxylic acids is 1. The Morgan fingerprint density at radius 2 is 2.10 bits per heavy atom. The van der Waals surface area contributed by atoms with Gasteiger partial charge >= 0.3 is 12.0 Å². The molecule has 0 bridgehead atoms. The first-order chi connectivity index (χ1) is 9.90.